The topological polar surface area (TPSA) is 59.8 Å². The fraction of sp³-hybridized carbons (Fsp3) is 0.235. The number of nitrogens with one attached hydrogen (secondary N) is 1. The van der Waals surface area contributed by atoms with E-state index in [-0.39, 0.29) is 5.91 Å². The van der Waals surface area contributed by atoms with Crippen LogP contribution in [0, 0.1) is 6.92 Å². The van der Waals surface area contributed by atoms with Crippen LogP contribution < -0.4 is 5.32 Å². The molecule has 7 heteroatoms. The Morgan fingerprint density at radius 2 is 2.25 bits per heavy atom. The number of nitrogens with zero attached hydrogens (tertiary/aromatic N) is 3. The first kappa shape index (κ1) is 16.7. The molecule has 0 saturated heterocycles. The van der Waals surface area contributed by atoms with Crippen LogP contribution >= 0.6 is 22.9 Å². The molecule has 1 N–H and O–H groups in total. The minimum atomic E-state index is -0.00677. The van der Waals surface area contributed by atoms with Crippen molar-refractivity contribution in [3.05, 3.63) is 63.1 Å². The second kappa shape index (κ2) is 7.59. The number of benzene rings is 1. The van der Waals surface area contributed by atoms with Crippen molar-refractivity contribution in [2.75, 3.05) is 0 Å². The van der Waals surface area contributed by atoms with E-state index in [4.69, 9.17) is 11.6 Å². The molecule has 0 unspecified atom stereocenters. The second-order valence-electron chi connectivity index (χ2n) is 5.50. The van der Waals surface area contributed by atoms with Crippen molar-refractivity contribution in [2.45, 2.75) is 26.3 Å². The highest BCUT2D eigenvalue weighted by atomic mass is 35.5. The summed E-state index contributed by atoms with van der Waals surface area (Å²) in [6.45, 7) is 2.34. The zero-order valence-electron chi connectivity index (χ0n) is 13.2. The Bertz CT molecular complexity index is 829. The molecule has 1 amide bonds. The lowest BCUT2D eigenvalue weighted by Crippen LogP contribution is -2.23. The molecule has 3 aromatic rings. The van der Waals surface area contributed by atoms with Gasteiger partial charge in [0.05, 0.1) is 18.4 Å². The van der Waals surface area contributed by atoms with E-state index in [0.29, 0.717) is 19.4 Å². The Morgan fingerprint density at radius 1 is 1.38 bits per heavy atom. The summed E-state index contributed by atoms with van der Waals surface area (Å²) < 4.78 is 1.70. The van der Waals surface area contributed by atoms with Gasteiger partial charge in [-0.1, -0.05) is 28.9 Å². The van der Waals surface area contributed by atoms with Crippen LogP contribution in [0.3, 0.4) is 0 Å². The van der Waals surface area contributed by atoms with E-state index in [1.807, 2.05) is 48.1 Å². The number of carbonyl (C=O) groups excluding carboxylic acids is 1. The van der Waals surface area contributed by atoms with Gasteiger partial charge in [-0.05, 0) is 42.0 Å². The van der Waals surface area contributed by atoms with Gasteiger partial charge in [0.1, 0.15) is 5.69 Å². The molecule has 0 fully saturated rings. The van der Waals surface area contributed by atoms with Gasteiger partial charge in [0, 0.05) is 16.8 Å². The number of halogens is 1. The van der Waals surface area contributed by atoms with Gasteiger partial charge < -0.3 is 5.32 Å². The summed E-state index contributed by atoms with van der Waals surface area (Å²) >= 11 is 7.61. The largest absolute Gasteiger partial charge is 0.350 e. The molecule has 2 aromatic heterocycles. The van der Waals surface area contributed by atoms with Crippen LogP contribution in [0.4, 0.5) is 0 Å². The molecule has 0 bridgehead atoms. The van der Waals surface area contributed by atoms with Crippen molar-refractivity contribution in [3.8, 4) is 5.69 Å². The highest BCUT2D eigenvalue weighted by Crippen LogP contribution is 2.17. The van der Waals surface area contributed by atoms with Gasteiger partial charge in [-0.15, -0.1) is 5.10 Å². The lowest BCUT2D eigenvalue weighted by molar-refractivity contribution is -0.121. The Kier molecular flexibility index (Phi) is 5.27. The standard InChI is InChI=1S/C17H17ClN4OS/c1-12-8-13(2-4-16(12)18)3-5-17(23)19-9-14-10-22(21-20-14)15-6-7-24-11-15/h2,4,6-8,10-11H,3,5,9H2,1H3,(H,19,23). The monoisotopic (exact) mass is 360 g/mol. The van der Waals surface area contributed by atoms with E-state index >= 15 is 0 Å². The van der Waals surface area contributed by atoms with Crippen molar-refractivity contribution in [2.24, 2.45) is 0 Å². The van der Waals surface area contributed by atoms with Crippen LogP contribution in [0.5, 0.6) is 0 Å². The minimum absolute atomic E-state index is 0.00677. The highest BCUT2D eigenvalue weighted by molar-refractivity contribution is 7.08. The van der Waals surface area contributed by atoms with Gasteiger partial charge in [0.25, 0.3) is 0 Å². The summed E-state index contributed by atoms with van der Waals surface area (Å²) in [6.07, 6.45) is 2.94. The maximum atomic E-state index is 12.0. The number of rotatable bonds is 6. The zero-order valence-corrected chi connectivity index (χ0v) is 14.8. The third-order valence-electron chi connectivity index (χ3n) is 3.64. The molecular weight excluding hydrogens is 344 g/mol. The molecule has 3 rings (SSSR count). The van der Waals surface area contributed by atoms with E-state index in [2.05, 4.69) is 15.6 Å². The Labute approximate surface area is 149 Å². The number of hydrogen-bond donors (Lipinski definition) is 1. The van der Waals surface area contributed by atoms with Crippen molar-refractivity contribution < 1.29 is 4.79 Å². The van der Waals surface area contributed by atoms with E-state index in [1.54, 1.807) is 16.0 Å². The van der Waals surface area contributed by atoms with Crippen molar-refractivity contribution >= 4 is 28.8 Å². The molecule has 0 radical (unpaired) electrons. The lowest BCUT2D eigenvalue weighted by atomic mass is 10.1. The fourth-order valence-corrected chi connectivity index (χ4v) is 3.03. The number of aryl methyl sites for hydroxylation is 2. The first-order chi connectivity index (χ1) is 11.6. The molecule has 0 aliphatic carbocycles. The van der Waals surface area contributed by atoms with Crippen LogP contribution in [0.1, 0.15) is 23.2 Å². The van der Waals surface area contributed by atoms with Gasteiger partial charge in [0.15, 0.2) is 0 Å². The van der Waals surface area contributed by atoms with Crippen LogP contribution in [0.15, 0.2) is 41.2 Å². The Hall–Kier alpha value is -2.18. The van der Waals surface area contributed by atoms with Crippen LogP contribution in [0.25, 0.3) is 5.69 Å². The average molecular weight is 361 g/mol. The summed E-state index contributed by atoms with van der Waals surface area (Å²) in [5, 5.41) is 15.7. The molecule has 5 nitrogen and oxygen atoms in total. The zero-order chi connectivity index (χ0) is 16.9. The normalized spacial score (nSPS) is 10.8. The maximum absolute atomic E-state index is 12.0. The van der Waals surface area contributed by atoms with Gasteiger partial charge >= 0.3 is 0 Å². The fourth-order valence-electron chi connectivity index (χ4n) is 2.29. The maximum Gasteiger partial charge on any atom is 0.220 e. The Balaban J connectivity index is 1.48. The number of carbonyl (C=O) groups is 1. The highest BCUT2D eigenvalue weighted by Gasteiger charge is 2.07. The first-order valence-corrected chi connectivity index (χ1v) is 8.89. The van der Waals surface area contributed by atoms with Crippen molar-refractivity contribution in [1.82, 2.24) is 20.3 Å². The summed E-state index contributed by atoms with van der Waals surface area (Å²) in [5.41, 5.74) is 3.84. The molecule has 0 aliphatic heterocycles. The van der Waals surface area contributed by atoms with Crippen molar-refractivity contribution in [3.63, 3.8) is 0 Å². The number of aromatic nitrogens is 3. The molecular formula is C17H17ClN4OS. The molecule has 24 heavy (non-hydrogen) atoms. The van der Waals surface area contributed by atoms with Gasteiger partial charge in [-0.3, -0.25) is 4.79 Å². The van der Waals surface area contributed by atoms with E-state index in [1.165, 1.54) is 0 Å². The number of amides is 1. The first-order valence-electron chi connectivity index (χ1n) is 7.57. The van der Waals surface area contributed by atoms with Gasteiger partial charge in [-0.25, -0.2) is 4.68 Å². The van der Waals surface area contributed by atoms with Gasteiger partial charge in [0.2, 0.25) is 5.91 Å². The molecule has 0 saturated carbocycles. The SMILES string of the molecule is Cc1cc(CCC(=O)NCc2cn(-c3ccsc3)nn2)ccc1Cl. The van der Waals surface area contributed by atoms with Gasteiger partial charge in [-0.2, -0.15) is 11.3 Å². The summed E-state index contributed by atoms with van der Waals surface area (Å²) in [4.78, 5) is 12.0. The van der Waals surface area contributed by atoms with E-state index < -0.39 is 0 Å². The molecule has 2 heterocycles. The molecule has 0 spiro atoms. The third kappa shape index (κ3) is 4.21. The van der Waals surface area contributed by atoms with E-state index in [9.17, 15) is 4.79 Å². The summed E-state index contributed by atoms with van der Waals surface area (Å²) in [5.74, 6) is -0.00677. The van der Waals surface area contributed by atoms with Crippen LogP contribution in [0.2, 0.25) is 5.02 Å². The van der Waals surface area contributed by atoms with Crippen molar-refractivity contribution in [1.29, 1.82) is 0 Å². The summed E-state index contributed by atoms with van der Waals surface area (Å²) in [7, 11) is 0. The predicted molar refractivity (Wildman–Crippen MR) is 95.6 cm³/mol. The van der Waals surface area contributed by atoms with Crippen LogP contribution in [-0.2, 0) is 17.8 Å². The minimum Gasteiger partial charge on any atom is -0.350 e. The quantitative estimate of drug-likeness (QED) is 0.731. The average Bonchev–Trinajstić information content (AvgIpc) is 3.25. The number of hydrogen-bond acceptors (Lipinski definition) is 4. The van der Waals surface area contributed by atoms with E-state index in [0.717, 1.165) is 27.5 Å². The Morgan fingerprint density at radius 3 is 3.00 bits per heavy atom. The lowest BCUT2D eigenvalue weighted by Gasteiger charge is -2.05. The molecule has 0 atom stereocenters. The predicted octanol–water partition coefficient (Wildman–Crippen LogP) is 3.54. The molecule has 1 aromatic carbocycles. The number of thiophene rings is 1. The van der Waals surface area contributed by atoms with Crippen LogP contribution in [-0.4, -0.2) is 20.9 Å². The molecule has 124 valence electrons. The second-order valence-corrected chi connectivity index (χ2v) is 6.68. The summed E-state index contributed by atoms with van der Waals surface area (Å²) in [6, 6.07) is 7.81. The smallest absolute Gasteiger partial charge is 0.220 e. The molecule has 0 aliphatic rings. The third-order valence-corrected chi connectivity index (χ3v) is 4.74.